The van der Waals surface area contributed by atoms with Crippen LogP contribution in [0.3, 0.4) is 0 Å². The summed E-state index contributed by atoms with van der Waals surface area (Å²) < 4.78 is 0. The third-order valence-electron chi connectivity index (χ3n) is 7.57. The summed E-state index contributed by atoms with van der Waals surface area (Å²) in [7, 11) is 2.10. The van der Waals surface area contributed by atoms with E-state index in [0.29, 0.717) is 12.8 Å². The van der Waals surface area contributed by atoms with Crippen molar-refractivity contribution in [3.8, 4) is 0 Å². The van der Waals surface area contributed by atoms with Crippen LogP contribution in [0.2, 0.25) is 0 Å². The number of nitrogens with zero attached hydrogens (tertiary/aromatic N) is 4. The zero-order valence-electron chi connectivity index (χ0n) is 22.9. The largest absolute Gasteiger partial charge is 0.334 e. The molecular formula is C29H42N4O4. The lowest BCUT2D eigenvalue weighted by Crippen LogP contribution is -2.74. The summed E-state index contributed by atoms with van der Waals surface area (Å²) in [4.78, 5) is 53.3. The number of piperidine rings is 1. The summed E-state index contributed by atoms with van der Waals surface area (Å²) in [6, 6.07) is 9.12. The molecule has 3 saturated heterocycles. The zero-order chi connectivity index (χ0) is 26.7. The molecule has 37 heavy (non-hydrogen) atoms. The molecular weight excluding hydrogens is 468 g/mol. The number of benzene rings is 1. The molecule has 0 aliphatic carbocycles. The van der Waals surface area contributed by atoms with E-state index in [4.69, 9.17) is 4.84 Å². The zero-order valence-corrected chi connectivity index (χ0v) is 22.9. The molecule has 0 N–H and O–H groups in total. The fourth-order valence-electron chi connectivity index (χ4n) is 5.65. The molecule has 1 aromatic rings. The Hall–Kier alpha value is -2.71. The second-order valence-electron chi connectivity index (χ2n) is 11.5. The van der Waals surface area contributed by atoms with Crippen molar-refractivity contribution >= 4 is 23.8 Å². The van der Waals surface area contributed by atoms with Gasteiger partial charge in [0.15, 0.2) is 12.3 Å². The molecule has 3 heterocycles. The van der Waals surface area contributed by atoms with E-state index < -0.39 is 18.3 Å². The molecule has 0 unspecified atom stereocenters. The van der Waals surface area contributed by atoms with E-state index in [2.05, 4.69) is 25.8 Å². The van der Waals surface area contributed by atoms with E-state index in [-0.39, 0.29) is 42.1 Å². The maximum absolute atomic E-state index is 13.9. The summed E-state index contributed by atoms with van der Waals surface area (Å²) >= 11 is 0. The average Bonchev–Trinajstić information content (AvgIpc) is 2.86. The number of fused-ring (bicyclic) bond motifs is 1. The van der Waals surface area contributed by atoms with Gasteiger partial charge in [-0.1, -0.05) is 58.0 Å². The first-order valence-corrected chi connectivity index (χ1v) is 13.7. The van der Waals surface area contributed by atoms with Gasteiger partial charge in [-0.05, 0) is 69.3 Å². The van der Waals surface area contributed by atoms with Crippen molar-refractivity contribution in [3.63, 3.8) is 0 Å². The molecule has 3 amide bonds. The molecule has 202 valence electrons. The van der Waals surface area contributed by atoms with Gasteiger partial charge in [0, 0.05) is 12.1 Å². The topological polar surface area (TPSA) is 73.4 Å². The Morgan fingerprint density at radius 3 is 2.27 bits per heavy atom. The van der Waals surface area contributed by atoms with E-state index in [1.165, 1.54) is 11.1 Å². The first-order valence-electron chi connectivity index (χ1n) is 13.7. The quantitative estimate of drug-likeness (QED) is 0.526. The molecule has 8 heteroatoms. The van der Waals surface area contributed by atoms with E-state index in [1.807, 2.05) is 49.1 Å². The molecule has 3 fully saturated rings. The summed E-state index contributed by atoms with van der Waals surface area (Å²) in [5, 5.41) is 1.37. The number of hydrogen-bond donors (Lipinski definition) is 0. The third-order valence-corrected chi connectivity index (χ3v) is 7.57. The molecule has 0 bridgehead atoms. The predicted octanol–water partition coefficient (Wildman–Crippen LogP) is 3.39. The van der Waals surface area contributed by atoms with E-state index >= 15 is 0 Å². The van der Waals surface area contributed by atoms with Gasteiger partial charge < -0.3 is 14.7 Å². The normalized spacial score (nSPS) is 26.0. The van der Waals surface area contributed by atoms with E-state index in [9.17, 15) is 14.4 Å². The van der Waals surface area contributed by atoms with Crippen molar-refractivity contribution < 1.29 is 19.2 Å². The number of rotatable bonds is 7. The number of carbonyl (C=O) groups is 3. The molecule has 0 radical (unpaired) electrons. The molecule has 4 rings (SSSR count). The standard InChI is InChI=1S/C29H42N4O4/c1-20(2)17-24-28(35)31(23-13-15-30(5)16-14-23)19-26-32(24)29(36)25(18-21(3)4)37-33(26)27(34)12-11-22-9-7-6-8-10-22/h6-12,20-21,23-26H,13-19H2,1-5H3/b12-11+/t24-,25+,26-/m0/s1. The summed E-state index contributed by atoms with van der Waals surface area (Å²) in [6.07, 6.45) is 4.64. The number of amides is 3. The van der Waals surface area contributed by atoms with Crippen molar-refractivity contribution in [2.75, 3.05) is 26.7 Å². The van der Waals surface area contributed by atoms with Gasteiger partial charge in [0.1, 0.15) is 6.04 Å². The van der Waals surface area contributed by atoms with Crippen LogP contribution in [-0.2, 0) is 19.2 Å². The number of piperazine rings is 1. The Bertz CT molecular complexity index is 987. The monoisotopic (exact) mass is 510 g/mol. The van der Waals surface area contributed by atoms with Crippen LogP contribution >= 0.6 is 0 Å². The van der Waals surface area contributed by atoms with Gasteiger partial charge in [0.2, 0.25) is 5.91 Å². The minimum absolute atomic E-state index is 0.00489. The van der Waals surface area contributed by atoms with Gasteiger partial charge in [-0.2, -0.15) is 5.06 Å². The van der Waals surface area contributed by atoms with Crippen LogP contribution in [0, 0.1) is 11.8 Å². The Morgan fingerprint density at radius 1 is 1.00 bits per heavy atom. The molecule has 1 aromatic carbocycles. The highest BCUT2D eigenvalue weighted by Crippen LogP contribution is 2.34. The lowest BCUT2D eigenvalue weighted by Gasteiger charge is -2.55. The summed E-state index contributed by atoms with van der Waals surface area (Å²) in [5.41, 5.74) is 0.906. The Kier molecular flexibility index (Phi) is 8.70. The van der Waals surface area contributed by atoms with Crippen molar-refractivity contribution in [2.45, 2.75) is 77.7 Å². The van der Waals surface area contributed by atoms with Gasteiger partial charge in [-0.15, -0.1) is 0 Å². The fraction of sp³-hybridized carbons (Fsp3) is 0.621. The molecule has 0 aromatic heterocycles. The summed E-state index contributed by atoms with van der Waals surface area (Å²) in [5.74, 6) is -0.0846. The minimum atomic E-state index is -0.789. The van der Waals surface area contributed by atoms with Gasteiger partial charge in [0.25, 0.3) is 11.8 Å². The lowest BCUT2D eigenvalue weighted by molar-refractivity contribution is -0.275. The van der Waals surface area contributed by atoms with Gasteiger partial charge >= 0.3 is 0 Å². The second kappa shape index (κ2) is 11.8. The number of hydrogen-bond acceptors (Lipinski definition) is 5. The number of likely N-dealkylation sites (tertiary alicyclic amines) is 1. The van der Waals surface area contributed by atoms with Crippen LogP contribution in [0.1, 0.15) is 58.9 Å². The van der Waals surface area contributed by atoms with Crippen LogP contribution in [0.5, 0.6) is 0 Å². The molecule has 3 atom stereocenters. The number of hydroxylamine groups is 2. The highest BCUT2D eigenvalue weighted by Gasteiger charge is 2.53. The van der Waals surface area contributed by atoms with E-state index in [1.54, 1.807) is 11.0 Å². The average molecular weight is 511 g/mol. The van der Waals surface area contributed by atoms with Crippen molar-refractivity contribution in [3.05, 3.63) is 42.0 Å². The van der Waals surface area contributed by atoms with Crippen molar-refractivity contribution in [1.82, 2.24) is 19.8 Å². The Balaban J connectivity index is 1.68. The molecule has 0 saturated carbocycles. The van der Waals surface area contributed by atoms with Crippen LogP contribution in [-0.4, -0.2) is 88.5 Å². The number of carbonyl (C=O) groups excluding carboxylic acids is 3. The SMILES string of the molecule is CC(C)C[C@H]1ON(C(=O)/C=C/c2ccccc2)[C@H]2CN(C3CCN(C)CC3)C(=O)[C@H](CC(C)C)N2C1=O. The predicted molar refractivity (Wildman–Crippen MR) is 143 cm³/mol. The molecule has 3 aliphatic rings. The van der Waals surface area contributed by atoms with Crippen LogP contribution in [0.25, 0.3) is 6.08 Å². The third kappa shape index (κ3) is 6.24. The first kappa shape index (κ1) is 27.3. The van der Waals surface area contributed by atoms with E-state index in [0.717, 1.165) is 31.5 Å². The molecule has 0 spiro atoms. The first-order chi connectivity index (χ1) is 17.7. The van der Waals surface area contributed by atoms with Crippen LogP contribution in [0.4, 0.5) is 0 Å². The highest BCUT2D eigenvalue weighted by molar-refractivity contribution is 5.95. The Labute approximate surface area is 221 Å². The van der Waals surface area contributed by atoms with Crippen LogP contribution in [0.15, 0.2) is 36.4 Å². The minimum Gasteiger partial charge on any atom is -0.334 e. The molecule has 8 nitrogen and oxygen atoms in total. The van der Waals surface area contributed by atoms with Gasteiger partial charge in [-0.3, -0.25) is 19.2 Å². The van der Waals surface area contributed by atoms with Crippen molar-refractivity contribution in [1.29, 1.82) is 0 Å². The fourth-order valence-corrected chi connectivity index (χ4v) is 5.65. The summed E-state index contributed by atoms with van der Waals surface area (Å²) in [6.45, 7) is 10.3. The van der Waals surface area contributed by atoms with Crippen molar-refractivity contribution in [2.24, 2.45) is 11.8 Å². The maximum Gasteiger partial charge on any atom is 0.272 e. The Morgan fingerprint density at radius 2 is 1.65 bits per heavy atom. The maximum atomic E-state index is 13.9. The van der Waals surface area contributed by atoms with Gasteiger partial charge in [-0.25, -0.2) is 0 Å². The van der Waals surface area contributed by atoms with Crippen LogP contribution < -0.4 is 0 Å². The molecule has 3 aliphatic heterocycles. The lowest BCUT2D eigenvalue weighted by atomic mass is 9.93. The highest BCUT2D eigenvalue weighted by atomic mass is 16.7. The smallest absolute Gasteiger partial charge is 0.272 e. The second-order valence-corrected chi connectivity index (χ2v) is 11.5. The van der Waals surface area contributed by atoms with Gasteiger partial charge in [0.05, 0.1) is 6.54 Å².